The molecule has 4 fully saturated rings. The van der Waals surface area contributed by atoms with Crippen LogP contribution in [-0.2, 0) is 14.9 Å². The quantitative estimate of drug-likeness (QED) is 0.687. The van der Waals surface area contributed by atoms with Gasteiger partial charge in [-0.1, -0.05) is 20.8 Å². The lowest BCUT2D eigenvalue weighted by molar-refractivity contribution is -0.166. The van der Waals surface area contributed by atoms with Crippen molar-refractivity contribution >= 4 is 10.2 Å². The molecule has 4 saturated carbocycles. The van der Waals surface area contributed by atoms with Crippen LogP contribution in [-0.4, -0.2) is 27.7 Å². The van der Waals surface area contributed by atoms with Crippen LogP contribution in [0.5, 0.6) is 0 Å². The molecule has 4 aliphatic carbocycles. The second-order valence-corrected chi connectivity index (χ2v) is 11.2. The number of hydrogen-bond donors (Lipinski definition) is 2. The molecule has 0 heterocycles. The standard InChI is InChI=1S/C18H34N2O3S/c1-17(2,3)12-18-9-13-7-14(10-18)16(15(8-13)11-18)23-6-4-5-20-24(19,21)22/h13-16,20H,4-12H2,1-3H3,(H2,19,21,22). The Morgan fingerprint density at radius 2 is 1.79 bits per heavy atom. The van der Waals surface area contributed by atoms with E-state index in [4.69, 9.17) is 9.88 Å². The number of ether oxygens (including phenoxy) is 1. The van der Waals surface area contributed by atoms with Crippen LogP contribution in [0, 0.1) is 28.6 Å². The van der Waals surface area contributed by atoms with Gasteiger partial charge in [-0.2, -0.15) is 8.42 Å². The molecule has 4 bridgehead atoms. The lowest BCUT2D eigenvalue weighted by Crippen LogP contribution is -2.55. The van der Waals surface area contributed by atoms with Gasteiger partial charge in [0.1, 0.15) is 0 Å². The summed E-state index contributed by atoms with van der Waals surface area (Å²) < 4.78 is 30.3. The topological polar surface area (TPSA) is 81.4 Å². The van der Waals surface area contributed by atoms with Crippen molar-refractivity contribution in [3.8, 4) is 0 Å². The fourth-order valence-corrected chi connectivity index (χ4v) is 6.69. The summed E-state index contributed by atoms with van der Waals surface area (Å²) in [5, 5.41) is 4.94. The van der Waals surface area contributed by atoms with Crippen molar-refractivity contribution in [1.82, 2.24) is 4.72 Å². The van der Waals surface area contributed by atoms with E-state index in [1.165, 1.54) is 38.5 Å². The fourth-order valence-electron chi connectivity index (χ4n) is 6.27. The Morgan fingerprint density at radius 1 is 1.17 bits per heavy atom. The average molecular weight is 359 g/mol. The van der Waals surface area contributed by atoms with Crippen LogP contribution in [0.15, 0.2) is 0 Å². The molecular formula is C18H34N2O3S. The highest BCUT2D eigenvalue weighted by atomic mass is 32.2. The van der Waals surface area contributed by atoms with Gasteiger partial charge in [0.05, 0.1) is 6.10 Å². The molecule has 0 radical (unpaired) electrons. The van der Waals surface area contributed by atoms with Crippen molar-refractivity contribution < 1.29 is 13.2 Å². The molecule has 0 amide bonds. The molecule has 0 aliphatic heterocycles. The second kappa shape index (κ2) is 6.53. The summed E-state index contributed by atoms with van der Waals surface area (Å²) in [7, 11) is -3.58. The third kappa shape index (κ3) is 4.51. The van der Waals surface area contributed by atoms with Crippen LogP contribution in [0.1, 0.15) is 65.7 Å². The molecule has 0 aromatic heterocycles. The van der Waals surface area contributed by atoms with Crippen molar-refractivity contribution in [3.63, 3.8) is 0 Å². The molecule has 0 aromatic rings. The Kier molecular flexibility index (Phi) is 5.06. The van der Waals surface area contributed by atoms with Crippen molar-refractivity contribution in [2.75, 3.05) is 13.2 Å². The van der Waals surface area contributed by atoms with Crippen LogP contribution >= 0.6 is 0 Å². The Hall–Kier alpha value is -0.170. The Labute approximate surface area is 147 Å². The maximum absolute atomic E-state index is 10.9. The van der Waals surface area contributed by atoms with E-state index in [0.717, 1.165) is 5.92 Å². The number of rotatable bonds is 7. The molecule has 2 atom stereocenters. The third-order valence-electron chi connectivity index (χ3n) is 6.15. The monoisotopic (exact) mass is 358 g/mol. The van der Waals surface area contributed by atoms with Gasteiger partial charge in [0.2, 0.25) is 0 Å². The Balaban J connectivity index is 1.52. The zero-order chi connectivity index (χ0) is 17.6. The van der Waals surface area contributed by atoms with Crippen LogP contribution in [0.3, 0.4) is 0 Å². The van der Waals surface area contributed by atoms with Gasteiger partial charge in [0.15, 0.2) is 0 Å². The van der Waals surface area contributed by atoms with Crippen molar-refractivity contribution in [2.45, 2.75) is 71.8 Å². The minimum absolute atomic E-state index is 0.359. The molecule has 4 rings (SSSR count). The van der Waals surface area contributed by atoms with Gasteiger partial charge in [-0.15, -0.1) is 0 Å². The summed E-state index contributed by atoms with van der Waals surface area (Å²) in [5.41, 5.74) is 0.963. The minimum Gasteiger partial charge on any atom is -0.378 e. The van der Waals surface area contributed by atoms with Gasteiger partial charge < -0.3 is 4.74 Å². The number of nitrogens with two attached hydrogens (primary N) is 1. The van der Waals surface area contributed by atoms with E-state index >= 15 is 0 Å². The highest BCUT2D eigenvalue weighted by Crippen LogP contribution is 2.63. The molecule has 5 nitrogen and oxygen atoms in total. The van der Waals surface area contributed by atoms with Gasteiger partial charge in [-0.05, 0) is 73.5 Å². The molecule has 140 valence electrons. The van der Waals surface area contributed by atoms with E-state index in [0.29, 0.717) is 48.3 Å². The molecule has 0 spiro atoms. The first-order valence-electron chi connectivity index (χ1n) is 9.44. The average Bonchev–Trinajstić information content (AvgIpc) is 2.36. The second-order valence-electron chi connectivity index (χ2n) is 9.84. The van der Waals surface area contributed by atoms with Crippen molar-refractivity contribution in [1.29, 1.82) is 0 Å². The molecule has 6 heteroatoms. The van der Waals surface area contributed by atoms with Crippen LogP contribution in [0.25, 0.3) is 0 Å². The summed E-state index contributed by atoms with van der Waals surface area (Å²) in [4.78, 5) is 0. The predicted octanol–water partition coefficient (Wildman–Crippen LogP) is 2.82. The molecular weight excluding hydrogens is 324 g/mol. The summed E-state index contributed by atoms with van der Waals surface area (Å²) in [6, 6.07) is 0. The van der Waals surface area contributed by atoms with Crippen molar-refractivity contribution in [2.24, 2.45) is 33.7 Å². The molecule has 3 N–H and O–H groups in total. The largest absolute Gasteiger partial charge is 0.378 e. The first-order valence-corrected chi connectivity index (χ1v) is 11.0. The molecule has 4 aliphatic rings. The zero-order valence-corrected chi connectivity index (χ0v) is 16.2. The van der Waals surface area contributed by atoms with E-state index in [9.17, 15) is 8.42 Å². The first-order chi connectivity index (χ1) is 11.1. The van der Waals surface area contributed by atoms with Crippen molar-refractivity contribution in [3.05, 3.63) is 0 Å². The van der Waals surface area contributed by atoms with Gasteiger partial charge in [0, 0.05) is 13.2 Å². The van der Waals surface area contributed by atoms with Crippen LogP contribution < -0.4 is 9.86 Å². The van der Waals surface area contributed by atoms with E-state index < -0.39 is 10.2 Å². The summed E-state index contributed by atoms with van der Waals surface area (Å²) in [6.07, 6.45) is 9.18. The zero-order valence-electron chi connectivity index (χ0n) is 15.4. The lowest BCUT2D eigenvalue weighted by Gasteiger charge is -2.61. The van der Waals surface area contributed by atoms with Gasteiger partial charge in [-0.3, -0.25) is 0 Å². The smallest absolute Gasteiger partial charge is 0.274 e. The van der Waals surface area contributed by atoms with Crippen LogP contribution in [0.2, 0.25) is 0 Å². The van der Waals surface area contributed by atoms with E-state index in [1.54, 1.807) is 0 Å². The third-order valence-corrected chi connectivity index (χ3v) is 6.76. The number of hydrogen-bond acceptors (Lipinski definition) is 3. The maximum atomic E-state index is 10.9. The molecule has 24 heavy (non-hydrogen) atoms. The van der Waals surface area contributed by atoms with E-state index in [2.05, 4.69) is 25.5 Å². The minimum atomic E-state index is -3.58. The highest BCUT2D eigenvalue weighted by Gasteiger charge is 2.56. The normalized spacial score (nSPS) is 38.7. The molecule has 0 aromatic carbocycles. The van der Waals surface area contributed by atoms with Gasteiger partial charge in [0.25, 0.3) is 10.2 Å². The fraction of sp³-hybridized carbons (Fsp3) is 1.00. The Bertz CT molecular complexity index is 539. The maximum Gasteiger partial charge on any atom is 0.274 e. The molecule has 0 saturated heterocycles. The van der Waals surface area contributed by atoms with Crippen LogP contribution in [0.4, 0.5) is 0 Å². The van der Waals surface area contributed by atoms with E-state index in [1.807, 2.05) is 0 Å². The summed E-state index contributed by atoms with van der Waals surface area (Å²) in [6.45, 7) is 8.10. The first kappa shape index (κ1) is 18.6. The summed E-state index contributed by atoms with van der Waals surface area (Å²) >= 11 is 0. The predicted molar refractivity (Wildman–Crippen MR) is 95.5 cm³/mol. The lowest BCUT2D eigenvalue weighted by atomic mass is 9.46. The summed E-state index contributed by atoms with van der Waals surface area (Å²) in [5.74, 6) is 2.34. The molecule has 2 unspecified atom stereocenters. The SMILES string of the molecule is CC(C)(C)CC12CC3CC(C1)C(OCCCNS(N)(=O)=O)C(C3)C2. The number of nitrogens with one attached hydrogen (secondary N) is 1. The van der Waals surface area contributed by atoms with Gasteiger partial charge in [-0.25, -0.2) is 9.86 Å². The Morgan fingerprint density at radius 3 is 2.33 bits per heavy atom. The highest BCUT2D eigenvalue weighted by molar-refractivity contribution is 7.87. The van der Waals surface area contributed by atoms with E-state index in [-0.39, 0.29) is 0 Å². The van der Waals surface area contributed by atoms with Gasteiger partial charge >= 0.3 is 0 Å².